The Morgan fingerprint density at radius 3 is 2.48 bits per heavy atom. The third kappa shape index (κ3) is 3.29. The summed E-state index contributed by atoms with van der Waals surface area (Å²) in [5, 5.41) is 0. The second kappa shape index (κ2) is 6.57. The van der Waals surface area contributed by atoms with Crippen molar-refractivity contribution in [2.45, 2.75) is 30.8 Å². The van der Waals surface area contributed by atoms with Crippen molar-refractivity contribution in [3.63, 3.8) is 0 Å². The maximum atomic E-state index is 13.5. The van der Waals surface area contributed by atoms with Crippen LogP contribution in [0.25, 0.3) is 0 Å². The van der Waals surface area contributed by atoms with Gasteiger partial charge in [0, 0.05) is 13.0 Å². The number of esters is 1. The molecule has 0 fully saturated rings. The Bertz CT molecular complexity index is 909. The van der Waals surface area contributed by atoms with Crippen LogP contribution in [-0.4, -0.2) is 31.8 Å². The third-order valence-electron chi connectivity index (χ3n) is 4.36. The van der Waals surface area contributed by atoms with Gasteiger partial charge in [-0.3, -0.25) is 4.79 Å². The highest BCUT2D eigenvalue weighted by molar-refractivity contribution is 7.89. The van der Waals surface area contributed by atoms with Gasteiger partial charge in [-0.05, 0) is 42.3 Å². The number of sulfonamides is 1. The molecule has 0 spiro atoms. The van der Waals surface area contributed by atoms with E-state index in [4.69, 9.17) is 4.74 Å². The predicted octanol–water partition coefficient (Wildman–Crippen LogP) is 2.42. The molecule has 1 aliphatic rings. The summed E-state index contributed by atoms with van der Waals surface area (Å²) in [6.45, 7) is 1.77. The Morgan fingerprint density at radius 1 is 1.16 bits per heavy atom. The van der Waals surface area contributed by atoms with Gasteiger partial charge in [0.2, 0.25) is 10.0 Å². The van der Waals surface area contributed by atoms with E-state index in [0.717, 1.165) is 15.4 Å². The third-order valence-corrected chi connectivity index (χ3v) is 6.23. The first-order chi connectivity index (χ1) is 11.8. The van der Waals surface area contributed by atoms with E-state index in [2.05, 4.69) is 0 Å². The van der Waals surface area contributed by atoms with E-state index in [1.807, 2.05) is 6.92 Å². The standard InChI is InChI=1S/C18H18FNO4S/c1-12-3-7-16(8-4-12)25(22,23)20-11-14-9-15(19)6-5-13(14)10-17(20)18(21)24-2/h3-9,17H,10-11H2,1-2H3. The molecule has 132 valence electrons. The summed E-state index contributed by atoms with van der Waals surface area (Å²) in [6.07, 6.45) is 0.146. The second-order valence-corrected chi connectivity index (χ2v) is 7.91. The zero-order chi connectivity index (χ0) is 18.2. The number of fused-ring (bicyclic) bond motifs is 1. The van der Waals surface area contributed by atoms with Crippen LogP contribution in [0.3, 0.4) is 0 Å². The summed E-state index contributed by atoms with van der Waals surface area (Å²) in [4.78, 5) is 12.3. The molecule has 0 aromatic heterocycles. The fourth-order valence-corrected chi connectivity index (χ4v) is 4.52. The molecule has 1 aliphatic heterocycles. The highest BCUT2D eigenvalue weighted by Crippen LogP contribution is 2.30. The van der Waals surface area contributed by atoms with Crippen molar-refractivity contribution in [1.82, 2.24) is 4.31 Å². The molecular formula is C18H18FNO4S. The molecule has 0 saturated heterocycles. The molecule has 0 N–H and O–H groups in total. The van der Waals surface area contributed by atoms with Crippen molar-refractivity contribution < 1.29 is 22.3 Å². The monoisotopic (exact) mass is 363 g/mol. The summed E-state index contributed by atoms with van der Waals surface area (Å²) in [5.74, 6) is -1.08. The van der Waals surface area contributed by atoms with E-state index >= 15 is 0 Å². The average molecular weight is 363 g/mol. The van der Waals surface area contributed by atoms with E-state index in [1.54, 1.807) is 18.2 Å². The fraction of sp³-hybridized carbons (Fsp3) is 0.278. The summed E-state index contributed by atoms with van der Waals surface area (Å²) < 4.78 is 45.5. The number of benzene rings is 2. The zero-order valence-electron chi connectivity index (χ0n) is 13.9. The number of halogens is 1. The summed E-state index contributed by atoms with van der Waals surface area (Å²) >= 11 is 0. The lowest BCUT2D eigenvalue weighted by molar-refractivity contribution is -0.145. The lowest BCUT2D eigenvalue weighted by Crippen LogP contribution is -2.49. The average Bonchev–Trinajstić information content (AvgIpc) is 2.60. The van der Waals surface area contributed by atoms with Gasteiger partial charge < -0.3 is 4.74 Å². The Balaban J connectivity index is 2.07. The lowest BCUT2D eigenvalue weighted by Gasteiger charge is -2.34. The first-order valence-corrected chi connectivity index (χ1v) is 9.20. The highest BCUT2D eigenvalue weighted by Gasteiger charge is 2.40. The largest absolute Gasteiger partial charge is 0.468 e. The molecular weight excluding hydrogens is 345 g/mol. The first kappa shape index (κ1) is 17.6. The number of methoxy groups -OCH3 is 1. The first-order valence-electron chi connectivity index (χ1n) is 7.76. The van der Waals surface area contributed by atoms with E-state index in [-0.39, 0.29) is 17.9 Å². The summed E-state index contributed by atoms with van der Waals surface area (Å²) in [6, 6.07) is 9.60. The summed E-state index contributed by atoms with van der Waals surface area (Å²) in [5.41, 5.74) is 2.22. The van der Waals surface area contributed by atoms with Crippen LogP contribution in [0.2, 0.25) is 0 Å². The molecule has 0 saturated carbocycles. The molecule has 25 heavy (non-hydrogen) atoms. The molecule has 1 unspecified atom stereocenters. The Kier molecular flexibility index (Phi) is 4.62. The van der Waals surface area contributed by atoms with Gasteiger partial charge >= 0.3 is 5.97 Å². The molecule has 7 heteroatoms. The molecule has 3 rings (SSSR count). The molecule has 0 bridgehead atoms. The van der Waals surface area contributed by atoms with E-state index in [9.17, 15) is 17.6 Å². The van der Waals surface area contributed by atoms with E-state index in [1.165, 1.54) is 31.4 Å². The molecule has 2 aromatic rings. The topological polar surface area (TPSA) is 63.7 Å². The fourth-order valence-electron chi connectivity index (χ4n) is 2.96. The maximum absolute atomic E-state index is 13.5. The second-order valence-electron chi connectivity index (χ2n) is 6.02. The Hall–Kier alpha value is -2.25. The molecule has 1 heterocycles. The van der Waals surface area contributed by atoms with Gasteiger partial charge in [0.05, 0.1) is 12.0 Å². The molecule has 2 aromatic carbocycles. The smallest absolute Gasteiger partial charge is 0.324 e. The van der Waals surface area contributed by atoms with Crippen LogP contribution in [0.15, 0.2) is 47.4 Å². The number of nitrogens with zero attached hydrogens (tertiary/aromatic N) is 1. The molecule has 0 amide bonds. The molecule has 5 nitrogen and oxygen atoms in total. The van der Waals surface area contributed by atoms with Gasteiger partial charge in [0.25, 0.3) is 0 Å². The highest BCUT2D eigenvalue weighted by atomic mass is 32.2. The number of carbonyl (C=O) groups excluding carboxylic acids is 1. The van der Waals surface area contributed by atoms with Crippen LogP contribution in [0.4, 0.5) is 4.39 Å². The molecule has 0 aliphatic carbocycles. The van der Waals surface area contributed by atoms with Crippen molar-refractivity contribution in [3.8, 4) is 0 Å². The zero-order valence-corrected chi connectivity index (χ0v) is 14.7. The van der Waals surface area contributed by atoms with Crippen LogP contribution in [-0.2, 0) is 32.5 Å². The Labute approximate surface area is 146 Å². The van der Waals surface area contributed by atoms with Gasteiger partial charge in [0.1, 0.15) is 11.9 Å². The van der Waals surface area contributed by atoms with Crippen molar-refractivity contribution in [1.29, 1.82) is 0 Å². The normalized spacial score (nSPS) is 17.8. The van der Waals surface area contributed by atoms with Crippen LogP contribution in [0, 0.1) is 12.7 Å². The van der Waals surface area contributed by atoms with Crippen molar-refractivity contribution in [2.24, 2.45) is 0 Å². The van der Waals surface area contributed by atoms with Gasteiger partial charge in [0.15, 0.2) is 0 Å². The minimum Gasteiger partial charge on any atom is -0.468 e. The number of carbonyl (C=O) groups is 1. The van der Waals surface area contributed by atoms with Crippen LogP contribution in [0.1, 0.15) is 16.7 Å². The van der Waals surface area contributed by atoms with E-state index in [0.29, 0.717) is 5.56 Å². The van der Waals surface area contributed by atoms with E-state index < -0.39 is 27.9 Å². The summed E-state index contributed by atoms with van der Waals surface area (Å²) in [7, 11) is -2.71. The van der Waals surface area contributed by atoms with Gasteiger partial charge in [-0.25, -0.2) is 12.8 Å². The van der Waals surface area contributed by atoms with Gasteiger partial charge in [-0.2, -0.15) is 4.31 Å². The number of ether oxygens (including phenoxy) is 1. The quantitative estimate of drug-likeness (QED) is 0.786. The SMILES string of the molecule is COC(=O)C1Cc2ccc(F)cc2CN1S(=O)(=O)c1ccc(C)cc1. The van der Waals surface area contributed by atoms with Crippen LogP contribution in [0.5, 0.6) is 0 Å². The predicted molar refractivity (Wildman–Crippen MR) is 89.8 cm³/mol. The molecule has 1 atom stereocenters. The van der Waals surface area contributed by atoms with Crippen LogP contribution >= 0.6 is 0 Å². The number of aryl methyl sites for hydroxylation is 1. The van der Waals surface area contributed by atoms with Crippen molar-refractivity contribution in [3.05, 3.63) is 65.0 Å². The lowest BCUT2D eigenvalue weighted by atomic mass is 9.96. The van der Waals surface area contributed by atoms with Crippen molar-refractivity contribution in [2.75, 3.05) is 7.11 Å². The Morgan fingerprint density at radius 2 is 1.84 bits per heavy atom. The van der Waals surface area contributed by atoms with Gasteiger partial charge in [-0.1, -0.05) is 23.8 Å². The molecule has 0 radical (unpaired) electrons. The van der Waals surface area contributed by atoms with Crippen molar-refractivity contribution >= 4 is 16.0 Å². The minimum absolute atomic E-state index is 0.0803. The number of hydrogen-bond acceptors (Lipinski definition) is 4. The minimum atomic E-state index is -3.93. The van der Waals surface area contributed by atoms with Crippen LogP contribution < -0.4 is 0 Å². The number of hydrogen-bond donors (Lipinski definition) is 0. The van der Waals surface area contributed by atoms with Gasteiger partial charge in [-0.15, -0.1) is 0 Å². The number of rotatable bonds is 3. The maximum Gasteiger partial charge on any atom is 0.324 e.